The summed E-state index contributed by atoms with van der Waals surface area (Å²) >= 11 is 0. The van der Waals surface area contributed by atoms with E-state index in [0.717, 1.165) is 12.1 Å². The minimum absolute atomic E-state index is 0.159. The van der Waals surface area contributed by atoms with E-state index >= 15 is 0 Å². The lowest BCUT2D eigenvalue weighted by Crippen LogP contribution is -2.35. The Hall–Kier alpha value is -2.05. The Kier molecular flexibility index (Phi) is 4.44. The molecular formula is C15H23N3O4. The largest absolute Gasteiger partial charge is 0.481 e. The van der Waals surface area contributed by atoms with Crippen LogP contribution < -0.4 is 0 Å². The number of carbonyl (C=O) groups is 2. The van der Waals surface area contributed by atoms with Crippen LogP contribution in [-0.4, -0.2) is 50.5 Å². The average Bonchev–Trinajstić information content (AvgIpc) is 3.03. The van der Waals surface area contributed by atoms with Gasteiger partial charge in [0.1, 0.15) is 5.60 Å². The molecule has 0 spiro atoms. The van der Waals surface area contributed by atoms with E-state index in [9.17, 15) is 14.7 Å². The number of nitrogens with zero attached hydrogens (tertiary/aromatic N) is 3. The third kappa shape index (κ3) is 3.58. The van der Waals surface area contributed by atoms with Crippen molar-refractivity contribution in [1.82, 2.24) is 14.7 Å². The second kappa shape index (κ2) is 5.98. The van der Waals surface area contributed by atoms with E-state index in [2.05, 4.69) is 5.10 Å². The Morgan fingerprint density at radius 3 is 2.59 bits per heavy atom. The highest BCUT2D eigenvalue weighted by Gasteiger charge is 2.42. The van der Waals surface area contributed by atoms with Crippen molar-refractivity contribution in [2.75, 3.05) is 13.1 Å². The van der Waals surface area contributed by atoms with E-state index in [-0.39, 0.29) is 12.5 Å². The van der Waals surface area contributed by atoms with Gasteiger partial charge in [-0.2, -0.15) is 5.10 Å². The van der Waals surface area contributed by atoms with Crippen LogP contribution in [0.5, 0.6) is 0 Å². The number of rotatable bonds is 3. The summed E-state index contributed by atoms with van der Waals surface area (Å²) < 4.78 is 7.09. The third-order valence-electron chi connectivity index (χ3n) is 3.69. The van der Waals surface area contributed by atoms with E-state index in [0.29, 0.717) is 6.54 Å². The standard InChI is InChI=1S/C15H23N3O4/c1-5-18-7-10(6-16-18)11-8-17(9-12(11)13(19)20)14(21)22-15(2,3)4/h6-7,11-12H,5,8-9H2,1-4H3,(H,19,20). The van der Waals surface area contributed by atoms with Crippen molar-refractivity contribution in [1.29, 1.82) is 0 Å². The van der Waals surface area contributed by atoms with Crippen LogP contribution in [0.15, 0.2) is 12.4 Å². The fraction of sp³-hybridized carbons (Fsp3) is 0.667. The van der Waals surface area contributed by atoms with Crippen LogP contribution in [0.4, 0.5) is 4.79 Å². The molecule has 7 nitrogen and oxygen atoms in total. The first kappa shape index (κ1) is 16.3. The van der Waals surface area contributed by atoms with E-state index < -0.39 is 23.6 Å². The Morgan fingerprint density at radius 2 is 2.09 bits per heavy atom. The van der Waals surface area contributed by atoms with Crippen molar-refractivity contribution in [2.45, 2.75) is 45.8 Å². The second-order valence-corrected chi connectivity index (χ2v) is 6.57. The Morgan fingerprint density at radius 1 is 1.41 bits per heavy atom. The summed E-state index contributed by atoms with van der Waals surface area (Å²) in [4.78, 5) is 25.1. The van der Waals surface area contributed by atoms with Gasteiger partial charge < -0.3 is 14.7 Å². The van der Waals surface area contributed by atoms with Gasteiger partial charge in [-0.25, -0.2) is 4.79 Å². The second-order valence-electron chi connectivity index (χ2n) is 6.57. The molecule has 1 aromatic rings. The number of hydrogen-bond acceptors (Lipinski definition) is 4. The minimum atomic E-state index is -0.902. The lowest BCUT2D eigenvalue weighted by atomic mass is 9.91. The highest BCUT2D eigenvalue weighted by Crippen LogP contribution is 2.33. The summed E-state index contributed by atoms with van der Waals surface area (Å²) in [6.45, 7) is 8.55. The number of carbonyl (C=O) groups excluding carboxylic acids is 1. The molecule has 122 valence electrons. The number of aromatic nitrogens is 2. The summed E-state index contributed by atoms with van der Waals surface area (Å²) in [5.41, 5.74) is 0.251. The van der Waals surface area contributed by atoms with Gasteiger partial charge in [0, 0.05) is 31.7 Å². The molecule has 1 saturated heterocycles. The van der Waals surface area contributed by atoms with Crippen LogP contribution >= 0.6 is 0 Å². The van der Waals surface area contributed by atoms with E-state index in [1.165, 1.54) is 4.90 Å². The molecule has 1 aromatic heterocycles. The first-order valence-electron chi connectivity index (χ1n) is 7.44. The zero-order chi connectivity index (χ0) is 16.5. The number of likely N-dealkylation sites (tertiary alicyclic amines) is 1. The topological polar surface area (TPSA) is 84.7 Å². The Balaban J connectivity index is 2.16. The molecule has 2 rings (SSSR count). The molecule has 2 atom stereocenters. The highest BCUT2D eigenvalue weighted by atomic mass is 16.6. The Labute approximate surface area is 129 Å². The number of aliphatic carboxylic acids is 1. The predicted molar refractivity (Wildman–Crippen MR) is 79.6 cm³/mol. The quantitative estimate of drug-likeness (QED) is 0.922. The number of amides is 1. The molecule has 0 radical (unpaired) electrons. The van der Waals surface area contributed by atoms with E-state index in [4.69, 9.17) is 4.74 Å². The van der Waals surface area contributed by atoms with Crippen molar-refractivity contribution < 1.29 is 19.4 Å². The number of carboxylic acid groups (broad SMARTS) is 1. The van der Waals surface area contributed by atoms with Gasteiger partial charge in [-0.3, -0.25) is 9.48 Å². The van der Waals surface area contributed by atoms with Gasteiger partial charge in [0.15, 0.2) is 0 Å². The van der Waals surface area contributed by atoms with Gasteiger partial charge in [-0.15, -0.1) is 0 Å². The fourth-order valence-corrected chi connectivity index (χ4v) is 2.61. The molecular weight excluding hydrogens is 286 g/mol. The van der Waals surface area contributed by atoms with Crippen LogP contribution in [0.1, 0.15) is 39.2 Å². The number of ether oxygens (including phenoxy) is 1. The molecule has 1 aliphatic heterocycles. The number of aryl methyl sites for hydroxylation is 1. The van der Waals surface area contributed by atoms with Gasteiger partial charge in [0.25, 0.3) is 0 Å². The molecule has 0 bridgehead atoms. The van der Waals surface area contributed by atoms with Crippen LogP contribution in [0.25, 0.3) is 0 Å². The van der Waals surface area contributed by atoms with Crippen molar-refractivity contribution in [3.63, 3.8) is 0 Å². The maximum Gasteiger partial charge on any atom is 0.410 e. The molecule has 1 amide bonds. The van der Waals surface area contributed by atoms with Gasteiger partial charge in [0.05, 0.1) is 12.1 Å². The van der Waals surface area contributed by atoms with Crippen LogP contribution in [0.3, 0.4) is 0 Å². The molecule has 2 heterocycles. The molecule has 1 N–H and O–H groups in total. The van der Waals surface area contributed by atoms with Crippen LogP contribution in [-0.2, 0) is 16.1 Å². The first-order valence-corrected chi connectivity index (χ1v) is 7.44. The molecule has 22 heavy (non-hydrogen) atoms. The number of carboxylic acids is 1. The van der Waals surface area contributed by atoms with Crippen LogP contribution in [0.2, 0.25) is 0 Å². The maximum atomic E-state index is 12.2. The van der Waals surface area contributed by atoms with Crippen molar-refractivity contribution >= 4 is 12.1 Å². The van der Waals surface area contributed by atoms with Gasteiger partial charge in [-0.1, -0.05) is 0 Å². The third-order valence-corrected chi connectivity index (χ3v) is 3.69. The summed E-state index contributed by atoms with van der Waals surface area (Å²) in [7, 11) is 0. The zero-order valence-electron chi connectivity index (χ0n) is 13.4. The lowest BCUT2D eigenvalue weighted by molar-refractivity contribution is -0.141. The molecule has 7 heteroatoms. The lowest BCUT2D eigenvalue weighted by Gasteiger charge is -2.24. The summed E-state index contributed by atoms with van der Waals surface area (Å²) in [5.74, 6) is -1.80. The number of hydrogen-bond donors (Lipinski definition) is 1. The maximum absolute atomic E-state index is 12.2. The monoisotopic (exact) mass is 309 g/mol. The summed E-state index contributed by atoms with van der Waals surface area (Å²) in [6.07, 6.45) is 3.06. The molecule has 1 fully saturated rings. The SMILES string of the molecule is CCn1cc(C2CN(C(=O)OC(C)(C)C)CC2C(=O)O)cn1. The van der Waals surface area contributed by atoms with Crippen molar-refractivity contribution in [2.24, 2.45) is 5.92 Å². The molecule has 0 aliphatic carbocycles. The van der Waals surface area contributed by atoms with E-state index in [1.807, 2.05) is 13.1 Å². The first-order chi connectivity index (χ1) is 10.2. The van der Waals surface area contributed by atoms with Gasteiger partial charge in [-0.05, 0) is 33.3 Å². The summed E-state index contributed by atoms with van der Waals surface area (Å²) in [5, 5.41) is 13.6. The highest BCUT2D eigenvalue weighted by molar-refractivity contribution is 5.75. The smallest absolute Gasteiger partial charge is 0.410 e. The Bertz CT molecular complexity index is 561. The van der Waals surface area contributed by atoms with Crippen molar-refractivity contribution in [3.8, 4) is 0 Å². The minimum Gasteiger partial charge on any atom is -0.481 e. The molecule has 0 aromatic carbocycles. The van der Waals surface area contributed by atoms with Gasteiger partial charge >= 0.3 is 12.1 Å². The van der Waals surface area contributed by atoms with Crippen LogP contribution in [0, 0.1) is 5.92 Å². The molecule has 1 aliphatic rings. The fourth-order valence-electron chi connectivity index (χ4n) is 2.61. The predicted octanol–water partition coefficient (Wildman–Crippen LogP) is 1.94. The van der Waals surface area contributed by atoms with Gasteiger partial charge in [0.2, 0.25) is 0 Å². The average molecular weight is 309 g/mol. The normalized spacial score (nSPS) is 21.9. The molecule has 0 saturated carbocycles. The molecule has 2 unspecified atom stereocenters. The zero-order valence-corrected chi connectivity index (χ0v) is 13.4. The van der Waals surface area contributed by atoms with Crippen molar-refractivity contribution in [3.05, 3.63) is 18.0 Å². The van der Waals surface area contributed by atoms with E-state index in [1.54, 1.807) is 31.6 Å². The summed E-state index contributed by atoms with van der Waals surface area (Å²) in [6, 6.07) is 0.